The second-order valence-electron chi connectivity index (χ2n) is 6.72. The van der Waals surface area contributed by atoms with Gasteiger partial charge in [0, 0.05) is 31.2 Å². The van der Waals surface area contributed by atoms with Crippen LogP contribution in [0, 0.1) is 12.8 Å². The summed E-state index contributed by atoms with van der Waals surface area (Å²) in [5.74, 6) is 0.250. The molecule has 1 saturated heterocycles. The molecule has 0 aliphatic carbocycles. The largest absolute Gasteiger partial charge is 0.373 e. The van der Waals surface area contributed by atoms with Crippen molar-refractivity contribution < 1.29 is 9.53 Å². The van der Waals surface area contributed by atoms with Gasteiger partial charge in [-0.15, -0.1) is 0 Å². The van der Waals surface area contributed by atoms with Gasteiger partial charge in [0.2, 0.25) is 0 Å². The highest BCUT2D eigenvalue weighted by atomic mass is 16.5. The summed E-state index contributed by atoms with van der Waals surface area (Å²) in [6.45, 7) is 3.97. The molecule has 1 fully saturated rings. The first-order valence-electron chi connectivity index (χ1n) is 8.93. The smallest absolute Gasteiger partial charge is 0.251 e. The number of nitrogens with two attached hydrogens (primary N) is 1. The maximum absolute atomic E-state index is 12.4. The molecule has 132 valence electrons. The summed E-state index contributed by atoms with van der Waals surface area (Å²) < 4.78 is 6.02. The van der Waals surface area contributed by atoms with E-state index in [0.29, 0.717) is 24.6 Å². The monoisotopic (exact) mass is 338 g/mol. The lowest BCUT2D eigenvalue weighted by atomic mass is 9.89. The quantitative estimate of drug-likeness (QED) is 0.879. The molecule has 0 saturated carbocycles. The van der Waals surface area contributed by atoms with Crippen LogP contribution in [0.25, 0.3) is 0 Å². The highest BCUT2D eigenvalue weighted by Crippen LogP contribution is 2.33. The van der Waals surface area contributed by atoms with Crippen LogP contribution in [0.15, 0.2) is 48.5 Å². The maximum atomic E-state index is 12.4. The Bertz CT molecular complexity index is 695. The van der Waals surface area contributed by atoms with Crippen LogP contribution in [-0.4, -0.2) is 19.1 Å². The van der Waals surface area contributed by atoms with Crippen molar-refractivity contribution in [2.24, 2.45) is 11.7 Å². The van der Waals surface area contributed by atoms with Crippen molar-refractivity contribution in [3.8, 4) is 0 Å². The molecule has 2 unspecified atom stereocenters. The summed E-state index contributed by atoms with van der Waals surface area (Å²) in [5.41, 5.74) is 9.72. The van der Waals surface area contributed by atoms with E-state index in [-0.39, 0.29) is 12.0 Å². The van der Waals surface area contributed by atoms with Crippen molar-refractivity contribution in [1.29, 1.82) is 0 Å². The molecule has 1 aliphatic heterocycles. The third-order valence-electron chi connectivity index (χ3n) is 4.83. The average molecular weight is 338 g/mol. The summed E-state index contributed by atoms with van der Waals surface area (Å²) >= 11 is 0. The molecule has 2 aromatic rings. The van der Waals surface area contributed by atoms with Crippen LogP contribution < -0.4 is 11.1 Å². The first-order valence-corrected chi connectivity index (χ1v) is 8.93. The molecule has 4 nitrogen and oxygen atoms in total. The third-order valence-corrected chi connectivity index (χ3v) is 4.83. The number of carbonyl (C=O) groups excluding carboxylic acids is 1. The zero-order chi connectivity index (χ0) is 17.6. The van der Waals surface area contributed by atoms with Crippen molar-refractivity contribution in [1.82, 2.24) is 5.32 Å². The highest BCUT2D eigenvalue weighted by molar-refractivity contribution is 5.94. The van der Waals surface area contributed by atoms with Crippen molar-refractivity contribution in [2.45, 2.75) is 32.4 Å². The van der Waals surface area contributed by atoms with Gasteiger partial charge in [-0.25, -0.2) is 0 Å². The predicted molar refractivity (Wildman–Crippen MR) is 99.3 cm³/mol. The number of rotatable bonds is 5. The van der Waals surface area contributed by atoms with E-state index >= 15 is 0 Å². The number of ether oxygens (including phenoxy) is 1. The molecule has 0 radical (unpaired) electrons. The van der Waals surface area contributed by atoms with Gasteiger partial charge in [0.25, 0.3) is 5.91 Å². The van der Waals surface area contributed by atoms with Crippen LogP contribution in [0.4, 0.5) is 0 Å². The molecule has 0 bridgehead atoms. The fourth-order valence-electron chi connectivity index (χ4n) is 3.29. The van der Waals surface area contributed by atoms with E-state index in [1.807, 2.05) is 24.3 Å². The molecule has 2 aromatic carbocycles. The molecule has 1 aliphatic rings. The number of amides is 1. The lowest BCUT2D eigenvalue weighted by Crippen LogP contribution is -2.35. The standard InChI is InChI=1S/C21H26N2O2/c1-15-4-8-17(9-5-15)20-19(3-2-12-25-20)14-23-21(24)18-10-6-16(13-22)7-11-18/h4-11,19-20H,2-3,12-14,22H2,1H3,(H,23,24). The lowest BCUT2D eigenvalue weighted by molar-refractivity contribution is -0.0272. The van der Waals surface area contributed by atoms with Crippen LogP contribution in [0.2, 0.25) is 0 Å². The molecule has 1 heterocycles. The lowest BCUT2D eigenvalue weighted by Gasteiger charge is -2.32. The topological polar surface area (TPSA) is 64.3 Å². The number of benzene rings is 2. The van der Waals surface area contributed by atoms with Gasteiger partial charge >= 0.3 is 0 Å². The number of hydrogen-bond donors (Lipinski definition) is 2. The molecule has 0 spiro atoms. The van der Waals surface area contributed by atoms with Crippen molar-refractivity contribution in [3.63, 3.8) is 0 Å². The molecule has 3 rings (SSSR count). The SMILES string of the molecule is Cc1ccc(C2OCCCC2CNC(=O)c2ccc(CN)cc2)cc1. The van der Waals surface area contributed by atoms with E-state index in [2.05, 4.69) is 36.5 Å². The number of carbonyl (C=O) groups is 1. The summed E-state index contributed by atoms with van der Waals surface area (Å²) in [6, 6.07) is 15.9. The molecule has 0 aromatic heterocycles. The molecule has 4 heteroatoms. The van der Waals surface area contributed by atoms with Crippen molar-refractivity contribution >= 4 is 5.91 Å². The van der Waals surface area contributed by atoms with E-state index in [0.717, 1.165) is 25.0 Å². The van der Waals surface area contributed by atoms with E-state index in [1.54, 1.807) is 0 Å². The van der Waals surface area contributed by atoms with Gasteiger partial charge in [0.1, 0.15) is 0 Å². The summed E-state index contributed by atoms with van der Waals surface area (Å²) in [6.07, 6.45) is 2.15. The third kappa shape index (κ3) is 4.47. The molecule has 2 atom stereocenters. The summed E-state index contributed by atoms with van der Waals surface area (Å²) in [5, 5.41) is 3.07. The summed E-state index contributed by atoms with van der Waals surface area (Å²) in [7, 11) is 0. The summed E-state index contributed by atoms with van der Waals surface area (Å²) in [4.78, 5) is 12.4. The Balaban J connectivity index is 1.63. The zero-order valence-electron chi connectivity index (χ0n) is 14.7. The molecule has 3 N–H and O–H groups in total. The van der Waals surface area contributed by atoms with Crippen LogP contribution >= 0.6 is 0 Å². The van der Waals surface area contributed by atoms with E-state index < -0.39 is 0 Å². The fraction of sp³-hybridized carbons (Fsp3) is 0.381. The number of nitrogens with one attached hydrogen (secondary N) is 1. The van der Waals surface area contributed by atoms with Crippen LogP contribution in [0.5, 0.6) is 0 Å². The molecule has 1 amide bonds. The van der Waals surface area contributed by atoms with Gasteiger partial charge in [-0.2, -0.15) is 0 Å². The Morgan fingerprint density at radius 1 is 1.16 bits per heavy atom. The molecular weight excluding hydrogens is 312 g/mol. The first kappa shape index (κ1) is 17.6. The minimum atomic E-state index is -0.0446. The van der Waals surface area contributed by atoms with Gasteiger partial charge in [-0.1, -0.05) is 42.0 Å². The highest BCUT2D eigenvalue weighted by Gasteiger charge is 2.27. The van der Waals surface area contributed by atoms with Crippen LogP contribution in [0.1, 0.15) is 46.0 Å². The van der Waals surface area contributed by atoms with Gasteiger partial charge in [0.15, 0.2) is 0 Å². The Hall–Kier alpha value is -2.17. The predicted octanol–water partition coefficient (Wildman–Crippen LogP) is 3.35. The van der Waals surface area contributed by atoms with Gasteiger partial charge in [-0.05, 0) is 43.0 Å². The van der Waals surface area contributed by atoms with Crippen molar-refractivity contribution in [3.05, 3.63) is 70.8 Å². The van der Waals surface area contributed by atoms with E-state index in [1.165, 1.54) is 11.1 Å². The van der Waals surface area contributed by atoms with Crippen LogP contribution in [-0.2, 0) is 11.3 Å². The minimum absolute atomic E-state index is 0.0446. The van der Waals surface area contributed by atoms with Crippen molar-refractivity contribution in [2.75, 3.05) is 13.2 Å². The first-order chi connectivity index (χ1) is 12.2. The Labute approximate surface area is 149 Å². The molecular formula is C21H26N2O2. The maximum Gasteiger partial charge on any atom is 0.251 e. The normalized spacial score (nSPS) is 20.2. The Kier molecular flexibility index (Phi) is 5.84. The second kappa shape index (κ2) is 8.28. The Morgan fingerprint density at radius 3 is 2.56 bits per heavy atom. The van der Waals surface area contributed by atoms with Gasteiger partial charge in [-0.3, -0.25) is 4.79 Å². The number of aryl methyl sites for hydroxylation is 1. The Morgan fingerprint density at radius 2 is 1.88 bits per heavy atom. The minimum Gasteiger partial charge on any atom is -0.373 e. The second-order valence-corrected chi connectivity index (χ2v) is 6.72. The average Bonchev–Trinajstić information content (AvgIpc) is 2.67. The molecule has 25 heavy (non-hydrogen) atoms. The van der Waals surface area contributed by atoms with E-state index in [9.17, 15) is 4.79 Å². The number of hydrogen-bond acceptors (Lipinski definition) is 3. The van der Waals surface area contributed by atoms with Gasteiger partial charge in [0.05, 0.1) is 6.10 Å². The fourth-order valence-corrected chi connectivity index (χ4v) is 3.29. The zero-order valence-corrected chi connectivity index (χ0v) is 14.7. The van der Waals surface area contributed by atoms with Crippen LogP contribution in [0.3, 0.4) is 0 Å². The van der Waals surface area contributed by atoms with E-state index in [4.69, 9.17) is 10.5 Å². The van der Waals surface area contributed by atoms with Gasteiger partial charge < -0.3 is 15.8 Å².